The summed E-state index contributed by atoms with van der Waals surface area (Å²) < 4.78 is 55.4. The number of anilines is 2. The molecule has 0 heterocycles. The number of hydrogen-bond acceptors (Lipinski definition) is 4. The van der Waals surface area contributed by atoms with Crippen LogP contribution in [0.2, 0.25) is 0 Å². The van der Waals surface area contributed by atoms with Gasteiger partial charge in [0.05, 0.1) is 30.6 Å². The van der Waals surface area contributed by atoms with Gasteiger partial charge in [-0.3, -0.25) is 0 Å². The summed E-state index contributed by atoms with van der Waals surface area (Å²) in [7, 11) is -2.17. The van der Waals surface area contributed by atoms with Crippen molar-refractivity contribution in [2.45, 2.75) is 12.6 Å². The number of carbonyl (C=O) groups excluding carboxylic acids is 1. The summed E-state index contributed by atoms with van der Waals surface area (Å²) in [4.78, 5) is 12.3. The molecule has 0 aliphatic rings. The number of nitrogens with one attached hydrogen (secondary N) is 1. The van der Waals surface area contributed by atoms with Crippen LogP contribution in [0.4, 0.5) is 24.5 Å². The lowest BCUT2D eigenvalue weighted by Crippen LogP contribution is -2.10. The van der Waals surface area contributed by atoms with Crippen molar-refractivity contribution in [3.05, 3.63) is 59.7 Å². The van der Waals surface area contributed by atoms with Crippen LogP contribution in [0, 0.1) is 0 Å². The molecule has 0 radical (unpaired) electrons. The highest BCUT2D eigenvalue weighted by Crippen LogP contribution is 2.36. The van der Waals surface area contributed by atoms with Crippen molar-refractivity contribution in [2.75, 3.05) is 31.4 Å². The van der Waals surface area contributed by atoms with Crippen LogP contribution in [-0.2, 0) is 15.5 Å². The van der Waals surface area contributed by atoms with Crippen LogP contribution in [0.1, 0.15) is 22.3 Å². The van der Waals surface area contributed by atoms with Crippen molar-refractivity contribution in [2.24, 2.45) is 0 Å². The quantitative estimate of drug-likeness (QED) is 0.373. The molecule has 0 spiro atoms. The topological polar surface area (TPSA) is 55.4 Å². The molecule has 0 unspecified atom stereocenters. The van der Waals surface area contributed by atoms with E-state index in [1.807, 2.05) is 0 Å². The van der Waals surface area contributed by atoms with Crippen molar-refractivity contribution in [3.8, 4) is 0 Å². The Bertz CT molecular complexity index is 846. The molecule has 0 fully saturated rings. The van der Waals surface area contributed by atoms with Gasteiger partial charge in [0, 0.05) is 11.8 Å². The monoisotopic (exact) mass is 399 g/mol. The van der Waals surface area contributed by atoms with E-state index in [9.17, 15) is 22.5 Å². The fraction of sp³-hybridized carbons (Fsp3) is 0.316. The van der Waals surface area contributed by atoms with Crippen LogP contribution in [0.3, 0.4) is 0 Å². The van der Waals surface area contributed by atoms with E-state index in [-0.39, 0.29) is 17.9 Å². The molecule has 0 bridgehead atoms. The molecule has 27 heavy (non-hydrogen) atoms. The lowest BCUT2D eigenvalue weighted by Gasteiger charge is -2.14. The molecular formula is C19H21F3NO3P. The van der Waals surface area contributed by atoms with Crippen molar-refractivity contribution in [1.29, 1.82) is 0 Å². The van der Waals surface area contributed by atoms with Crippen LogP contribution in [0.5, 0.6) is 0 Å². The first-order valence-electron chi connectivity index (χ1n) is 8.31. The maximum atomic E-state index is 12.8. The summed E-state index contributed by atoms with van der Waals surface area (Å²) >= 11 is 0. The Labute approximate surface area is 156 Å². The van der Waals surface area contributed by atoms with Crippen LogP contribution in [-0.4, -0.2) is 32.1 Å². The number of rotatable bonds is 7. The Morgan fingerprint density at radius 1 is 1.11 bits per heavy atom. The zero-order valence-corrected chi connectivity index (χ0v) is 15.9. The molecule has 2 rings (SSSR count). The smallest absolute Gasteiger partial charge is 0.416 e. The van der Waals surface area contributed by atoms with Crippen LogP contribution >= 0.6 is 7.14 Å². The third-order valence-electron chi connectivity index (χ3n) is 3.69. The molecule has 1 N–H and O–H groups in total. The lowest BCUT2D eigenvalue weighted by molar-refractivity contribution is -0.137. The Kier molecular flexibility index (Phi) is 6.71. The normalized spacial score (nSPS) is 11.9. The molecule has 0 aliphatic heterocycles. The van der Waals surface area contributed by atoms with Crippen molar-refractivity contribution >= 4 is 24.5 Å². The van der Waals surface area contributed by atoms with E-state index in [0.29, 0.717) is 18.3 Å². The van der Waals surface area contributed by atoms with Crippen molar-refractivity contribution < 1.29 is 27.3 Å². The molecule has 0 aliphatic carbocycles. The van der Waals surface area contributed by atoms with E-state index in [1.165, 1.54) is 18.2 Å². The number of ether oxygens (including phenoxy) is 1. The van der Waals surface area contributed by atoms with Gasteiger partial charge in [0.1, 0.15) is 0 Å². The fourth-order valence-electron chi connectivity index (χ4n) is 2.39. The van der Waals surface area contributed by atoms with E-state index in [1.54, 1.807) is 31.5 Å². The highest BCUT2D eigenvalue weighted by atomic mass is 31.2. The fourth-order valence-corrected chi connectivity index (χ4v) is 3.28. The number of halogens is 3. The number of carbonyl (C=O) groups is 1. The van der Waals surface area contributed by atoms with Gasteiger partial charge in [-0.15, -0.1) is 0 Å². The minimum absolute atomic E-state index is 0.127. The molecule has 0 amide bonds. The predicted molar refractivity (Wildman–Crippen MR) is 100 cm³/mol. The highest BCUT2D eigenvalue weighted by Gasteiger charge is 2.30. The average Bonchev–Trinajstić information content (AvgIpc) is 2.58. The molecule has 2 aromatic carbocycles. The van der Waals surface area contributed by atoms with Gasteiger partial charge in [-0.25, -0.2) is 4.79 Å². The lowest BCUT2D eigenvalue weighted by atomic mass is 10.1. The molecule has 0 aromatic heterocycles. The molecule has 8 heteroatoms. The number of hydrogen-bond donors (Lipinski definition) is 1. The molecule has 4 nitrogen and oxygen atoms in total. The third kappa shape index (κ3) is 6.75. The zero-order chi connectivity index (χ0) is 20.1. The third-order valence-corrected chi connectivity index (χ3v) is 5.08. The molecular weight excluding hydrogens is 378 g/mol. The average molecular weight is 399 g/mol. The van der Waals surface area contributed by atoms with Gasteiger partial charge in [0.25, 0.3) is 0 Å². The first kappa shape index (κ1) is 21.0. The van der Waals surface area contributed by atoms with Crippen LogP contribution in [0.15, 0.2) is 48.5 Å². The summed E-state index contributed by atoms with van der Waals surface area (Å²) in [5.74, 6) is -0.591. The van der Waals surface area contributed by atoms with E-state index < -0.39 is 24.9 Å². The molecule has 0 saturated carbocycles. The Hall–Kier alpha value is -2.27. The van der Waals surface area contributed by atoms with Gasteiger partial charge in [-0.05, 0) is 50.1 Å². The summed E-state index contributed by atoms with van der Waals surface area (Å²) in [6.07, 6.45) is -3.49. The number of para-hydroxylation sites is 1. The second kappa shape index (κ2) is 8.61. The van der Waals surface area contributed by atoms with Crippen molar-refractivity contribution in [3.63, 3.8) is 0 Å². The highest BCUT2D eigenvalue weighted by molar-refractivity contribution is 7.62. The second-order valence-corrected chi connectivity index (χ2v) is 10.1. The first-order chi connectivity index (χ1) is 12.6. The minimum Gasteiger partial charge on any atom is -0.462 e. The largest absolute Gasteiger partial charge is 0.462 e. The maximum Gasteiger partial charge on any atom is 0.416 e. The summed E-state index contributed by atoms with van der Waals surface area (Å²) in [6.45, 7) is 3.47. The van der Waals surface area contributed by atoms with Gasteiger partial charge >= 0.3 is 12.1 Å². The van der Waals surface area contributed by atoms with Gasteiger partial charge in [0.15, 0.2) is 0 Å². The SMILES string of the molecule is CP(C)(=O)CCCOC(=O)c1ccccc1Nc1cccc(C(F)(F)F)c1. The first-order valence-corrected chi connectivity index (χ1v) is 11.1. The Balaban J connectivity index is 2.09. The predicted octanol–water partition coefficient (Wildman–Crippen LogP) is 5.62. The number of esters is 1. The Morgan fingerprint density at radius 2 is 1.81 bits per heavy atom. The zero-order valence-electron chi connectivity index (χ0n) is 15.0. The summed E-state index contributed by atoms with van der Waals surface area (Å²) in [5.41, 5.74) is -0.0105. The molecule has 2 aromatic rings. The van der Waals surface area contributed by atoms with Gasteiger partial charge in [-0.1, -0.05) is 18.2 Å². The van der Waals surface area contributed by atoms with Crippen LogP contribution in [0.25, 0.3) is 0 Å². The summed E-state index contributed by atoms with van der Waals surface area (Å²) in [5, 5.41) is 2.84. The molecule has 0 saturated heterocycles. The molecule has 0 atom stereocenters. The number of alkyl halides is 3. The van der Waals surface area contributed by atoms with E-state index in [0.717, 1.165) is 12.1 Å². The second-order valence-electron chi connectivity index (χ2n) is 6.54. The number of benzene rings is 2. The Morgan fingerprint density at radius 3 is 2.48 bits per heavy atom. The van der Waals surface area contributed by atoms with Gasteiger partial charge < -0.3 is 14.6 Å². The van der Waals surface area contributed by atoms with E-state index >= 15 is 0 Å². The van der Waals surface area contributed by atoms with Crippen LogP contribution < -0.4 is 5.32 Å². The maximum absolute atomic E-state index is 12.8. The van der Waals surface area contributed by atoms with E-state index in [2.05, 4.69) is 5.32 Å². The molecule has 146 valence electrons. The van der Waals surface area contributed by atoms with E-state index in [4.69, 9.17) is 4.74 Å². The standard InChI is InChI=1S/C19H21F3NO3P/c1-27(2,25)12-6-11-26-18(24)16-9-3-4-10-17(16)23-15-8-5-7-14(13-15)19(20,21)22/h3-5,7-10,13,23H,6,11-12H2,1-2H3. The van der Waals surface area contributed by atoms with Gasteiger partial charge in [-0.2, -0.15) is 13.2 Å². The minimum atomic E-state index is -4.45. The summed E-state index contributed by atoms with van der Waals surface area (Å²) in [6, 6.07) is 11.1. The van der Waals surface area contributed by atoms with Crippen molar-refractivity contribution in [1.82, 2.24) is 0 Å². The van der Waals surface area contributed by atoms with Gasteiger partial charge in [0.2, 0.25) is 0 Å².